The molecule has 4 nitrogen and oxygen atoms in total. The van der Waals surface area contributed by atoms with E-state index in [1.807, 2.05) is 16.8 Å². The fourth-order valence-electron chi connectivity index (χ4n) is 2.25. The van der Waals surface area contributed by atoms with Crippen LogP contribution in [0.1, 0.15) is 30.6 Å². The fraction of sp³-hybridized carbons (Fsp3) is 0.357. The summed E-state index contributed by atoms with van der Waals surface area (Å²) in [4.78, 5) is 0. The van der Waals surface area contributed by atoms with E-state index in [9.17, 15) is 0 Å². The van der Waals surface area contributed by atoms with Gasteiger partial charge in [0.25, 0.3) is 0 Å². The quantitative estimate of drug-likeness (QED) is 0.613. The number of nitrogens with zero attached hydrogens (tertiary/aromatic N) is 2. The van der Waals surface area contributed by atoms with E-state index in [2.05, 4.69) is 17.4 Å². The molecule has 1 aromatic carbocycles. The maximum absolute atomic E-state index is 6.25. The summed E-state index contributed by atoms with van der Waals surface area (Å²) in [5.74, 6) is 5.70. The number of hydrazine groups is 1. The number of hydrogen-bond donors (Lipinski definition) is 2. The molecule has 1 aromatic heterocycles. The monoisotopic (exact) mass is 346 g/mol. The third-order valence-corrected chi connectivity index (χ3v) is 4.25. The Morgan fingerprint density at radius 2 is 2.00 bits per heavy atom. The highest BCUT2D eigenvalue weighted by Crippen LogP contribution is 2.28. The van der Waals surface area contributed by atoms with Crippen LogP contribution in [-0.2, 0) is 13.0 Å². The van der Waals surface area contributed by atoms with Crippen LogP contribution in [0.3, 0.4) is 0 Å². The molecular formula is C14H17Cl3N4. The van der Waals surface area contributed by atoms with E-state index in [0.29, 0.717) is 21.5 Å². The zero-order valence-electron chi connectivity index (χ0n) is 11.6. The van der Waals surface area contributed by atoms with Crippen molar-refractivity contribution in [1.82, 2.24) is 15.2 Å². The van der Waals surface area contributed by atoms with Gasteiger partial charge in [0.2, 0.25) is 0 Å². The molecule has 7 heteroatoms. The molecule has 0 spiro atoms. The summed E-state index contributed by atoms with van der Waals surface area (Å²) in [5, 5.41) is 5.95. The highest BCUT2D eigenvalue weighted by Gasteiger charge is 2.20. The molecule has 0 amide bonds. The van der Waals surface area contributed by atoms with E-state index >= 15 is 0 Å². The summed E-state index contributed by atoms with van der Waals surface area (Å²) in [5.41, 5.74) is 4.71. The van der Waals surface area contributed by atoms with Crippen molar-refractivity contribution in [2.24, 2.45) is 5.84 Å². The first-order chi connectivity index (χ1) is 10.1. The van der Waals surface area contributed by atoms with Crippen LogP contribution in [0.4, 0.5) is 0 Å². The molecule has 0 fully saturated rings. The molecule has 0 bridgehead atoms. The summed E-state index contributed by atoms with van der Waals surface area (Å²) < 4.78 is 1.88. The minimum absolute atomic E-state index is 0.149. The largest absolute Gasteiger partial charge is 0.271 e. The molecule has 21 heavy (non-hydrogen) atoms. The molecular weight excluding hydrogens is 331 g/mol. The fourth-order valence-corrected chi connectivity index (χ4v) is 2.84. The molecule has 3 N–H and O–H groups in total. The van der Waals surface area contributed by atoms with Gasteiger partial charge < -0.3 is 0 Å². The van der Waals surface area contributed by atoms with E-state index in [4.69, 9.17) is 40.6 Å². The van der Waals surface area contributed by atoms with Crippen LogP contribution in [-0.4, -0.2) is 9.78 Å². The lowest BCUT2D eigenvalue weighted by atomic mass is 10.0. The van der Waals surface area contributed by atoms with Crippen LogP contribution in [0.15, 0.2) is 24.4 Å². The van der Waals surface area contributed by atoms with Crippen LogP contribution in [0.5, 0.6) is 0 Å². The molecule has 114 valence electrons. The molecule has 0 saturated heterocycles. The molecule has 0 saturated carbocycles. The Kier molecular flexibility index (Phi) is 5.90. The lowest BCUT2D eigenvalue weighted by molar-refractivity contribution is 0.478. The van der Waals surface area contributed by atoms with Gasteiger partial charge in [0.1, 0.15) is 0 Å². The number of nitrogens with one attached hydrogen (secondary N) is 1. The predicted octanol–water partition coefficient (Wildman–Crippen LogP) is 4.00. The Labute approximate surface area is 139 Å². The molecule has 0 aliphatic carbocycles. The van der Waals surface area contributed by atoms with Crippen LogP contribution >= 0.6 is 34.8 Å². The summed E-state index contributed by atoms with van der Waals surface area (Å²) >= 11 is 18.2. The smallest absolute Gasteiger partial charge is 0.0834 e. The third kappa shape index (κ3) is 3.90. The summed E-state index contributed by atoms with van der Waals surface area (Å²) in [6.07, 6.45) is 3.25. The second kappa shape index (κ2) is 7.47. The Bertz CT molecular complexity index is 612. The third-order valence-electron chi connectivity index (χ3n) is 3.22. The van der Waals surface area contributed by atoms with Crippen molar-refractivity contribution in [3.8, 4) is 0 Å². The zero-order valence-corrected chi connectivity index (χ0v) is 13.9. The maximum Gasteiger partial charge on any atom is 0.0834 e. The summed E-state index contributed by atoms with van der Waals surface area (Å²) in [6.45, 7) is 2.88. The van der Waals surface area contributed by atoms with Gasteiger partial charge in [0, 0.05) is 6.54 Å². The number of hydrogen-bond acceptors (Lipinski definition) is 3. The molecule has 2 rings (SSSR count). The first-order valence-electron chi connectivity index (χ1n) is 6.68. The molecule has 2 aromatic rings. The van der Waals surface area contributed by atoms with E-state index in [1.165, 1.54) is 0 Å². The molecule has 1 heterocycles. The topological polar surface area (TPSA) is 55.9 Å². The van der Waals surface area contributed by atoms with Crippen molar-refractivity contribution in [2.75, 3.05) is 0 Å². The van der Waals surface area contributed by atoms with Crippen LogP contribution < -0.4 is 11.3 Å². The molecule has 1 unspecified atom stereocenters. The number of halogens is 3. The van der Waals surface area contributed by atoms with Crippen molar-refractivity contribution < 1.29 is 0 Å². The Morgan fingerprint density at radius 3 is 2.62 bits per heavy atom. The van der Waals surface area contributed by atoms with Crippen molar-refractivity contribution >= 4 is 34.8 Å². The average Bonchev–Trinajstić information content (AvgIpc) is 2.82. The number of aromatic nitrogens is 2. The standard InChI is InChI=1S/C14H17Cl3N4/c1-2-5-21-14(12(17)8-19-21)13(20-18)7-9-3-4-10(15)11(16)6-9/h3-4,6,8,13,20H,2,5,7,18H2,1H3. The van der Waals surface area contributed by atoms with Crippen molar-refractivity contribution in [3.05, 3.63) is 50.7 Å². The first-order valence-corrected chi connectivity index (χ1v) is 7.81. The van der Waals surface area contributed by atoms with Gasteiger partial charge in [0.15, 0.2) is 0 Å². The van der Waals surface area contributed by atoms with Gasteiger partial charge >= 0.3 is 0 Å². The summed E-state index contributed by atoms with van der Waals surface area (Å²) in [6, 6.07) is 5.39. The average molecular weight is 348 g/mol. The van der Waals surface area contributed by atoms with Gasteiger partial charge in [-0.1, -0.05) is 47.8 Å². The number of nitrogens with two attached hydrogens (primary N) is 1. The number of benzene rings is 1. The van der Waals surface area contributed by atoms with E-state index in [-0.39, 0.29) is 6.04 Å². The highest BCUT2D eigenvalue weighted by molar-refractivity contribution is 6.42. The Balaban J connectivity index is 2.27. The van der Waals surface area contributed by atoms with Gasteiger partial charge in [-0.05, 0) is 30.5 Å². The molecule has 0 aliphatic rings. The van der Waals surface area contributed by atoms with Gasteiger partial charge in [-0.25, -0.2) is 0 Å². The Hall–Kier alpha value is -0.780. The van der Waals surface area contributed by atoms with Crippen LogP contribution in [0, 0.1) is 0 Å². The lowest BCUT2D eigenvalue weighted by Gasteiger charge is -2.18. The minimum Gasteiger partial charge on any atom is -0.271 e. The zero-order chi connectivity index (χ0) is 15.4. The normalized spacial score (nSPS) is 12.6. The number of aryl methyl sites for hydroxylation is 1. The summed E-state index contributed by atoms with van der Waals surface area (Å²) in [7, 11) is 0. The first kappa shape index (κ1) is 16.6. The van der Waals surface area contributed by atoms with Crippen LogP contribution in [0.2, 0.25) is 15.1 Å². The molecule has 0 aliphatic heterocycles. The van der Waals surface area contributed by atoms with E-state index < -0.39 is 0 Å². The SMILES string of the molecule is CCCn1ncc(Cl)c1C(Cc1ccc(Cl)c(Cl)c1)NN. The molecule has 0 radical (unpaired) electrons. The van der Waals surface area contributed by atoms with Gasteiger partial charge in [-0.2, -0.15) is 5.10 Å². The van der Waals surface area contributed by atoms with Crippen LogP contribution in [0.25, 0.3) is 0 Å². The van der Waals surface area contributed by atoms with Gasteiger partial charge in [0.05, 0.1) is 33.0 Å². The second-order valence-electron chi connectivity index (χ2n) is 4.77. The Morgan fingerprint density at radius 1 is 1.24 bits per heavy atom. The number of rotatable bonds is 6. The second-order valence-corrected chi connectivity index (χ2v) is 5.99. The predicted molar refractivity (Wildman–Crippen MR) is 87.8 cm³/mol. The van der Waals surface area contributed by atoms with Gasteiger partial charge in [-0.3, -0.25) is 16.0 Å². The van der Waals surface area contributed by atoms with Crippen molar-refractivity contribution in [1.29, 1.82) is 0 Å². The van der Waals surface area contributed by atoms with Gasteiger partial charge in [-0.15, -0.1) is 0 Å². The van der Waals surface area contributed by atoms with E-state index in [1.54, 1.807) is 12.3 Å². The van der Waals surface area contributed by atoms with Crippen molar-refractivity contribution in [2.45, 2.75) is 32.4 Å². The minimum atomic E-state index is -0.149. The van der Waals surface area contributed by atoms with E-state index in [0.717, 1.165) is 24.2 Å². The highest BCUT2D eigenvalue weighted by atomic mass is 35.5. The molecule has 1 atom stereocenters. The maximum atomic E-state index is 6.25. The lowest BCUT2D eigenvalue weighted by Crippen LogP contribution is -2.31. The van der Waals surface area contributed by atoms with Crippen molar-refractivity contribution in [3.63, 3.8) is 0 Å².